The predicted octanol–water partition coefficient (Wildman–Crippen LogP) is 11.9. The molecule has 2 aliphatic carbocycles. The number of alkyl halides is 1. The van der Waals surface area contributed by atoms with Crippen LogP contribution in [-0.2, 0) is 0 Å². The highest BCUT2D eigenvalue weighted by Crippen LogP contribution is 2.43. The second-order valence-electron chi connectivity index (χ2n) is 12.5. The fraction of sp³-hybridized carbons (Fsp3) is 0.667. The summed E-state index contributed by atoms with van der Waals surface area (Å²) >= 11 is 0. The van der Waals surface area contributed by atoms with Gasteiger partial charge in [0.05, 0.1) is 0 Å². The Bertz CT molecular complexity index is 879. The molecule has 0 bridgehead atoms. The molecule has 0 aromatic heterocycles. The van der Waals surface area contributed by atoms with Gasteiger partial charge in [0.2, 0.25) is 0 Å². The molecular weight excluding hydrogens is 451 g/mol. The summed E-state index contributed by atoms with van der Waals surface area (Å²) in [5, 5.41) is 0. The van der Waals surface area contributed by atoms with Crippen molar-refractivity contribution < 1.29 is 4.39 Å². The normalized spacial score (nSPS) is 26.3. The highest BCUT2D eigenvalue weighted by molar-refractivity contribution is 5.64. The maximum Gasteiger partial charge on any atom is 0.111 e. The molecule has 2 saturated carbocycles. The Hall–Kier alpha value is -1.63. The third kappa shape index (κ3) is 8.43. The van der Waals surface area contributed by atoms with E-state index in [1.165, 1.54) is 99.3 Å². The predicted molar refractivity (Wildman–Crippen MR) is 159 cm³/mol. The smallest absolute Gasteiger partial charge is 0.111 e. The fourth-order valence-corrected chi connectivity index (χ4v) is 7.13. The number of hydrogen-bond donors (Lipinski definition) is 0. The molecule has 204 valence electrons. The molecule has 0 aliphatic heterocycles. The van der Waals surface area contributed by atoms with E-state index in [0.29, 0.717) is 5.92 Å². The van der Waals surface area contributed by atoms with Crippen LogP contribution >= 0.6 is 0 Å². The van der Waals surface area contributed by atoms with Crippen molar-refractivity contribution >= 4 is 0 Å². The number of benzene rings is 2. The van der Waals surface area contributed by atoms with Crippen LogP contribution < -0.4 is 0 Å². The number of hydrogen-bond acceptors (Lipinski definition) is 0. The van der Waals surface area contributed by atoms with Crippen LogP contribution in [0, 0.1) is 5.92 Å². The molecule has 4 rings (SSSR count). The van der Waals surface area contributed by atoms with Crippen molar-refractivity contribution in [1.82, 2.24) is 0 Å². The first-order chi connectivity index (χ1) is 18.1. The lowest BCUT2D eigenvalue weighted by Gasteiger charge is -2.34. The lowest BCUT2D eigenvalue weighted by atomic mass is 9.75. The van der Waals surface area contributed by atoms with Gasteiger partial charge >= 0.3 is 0 Å². The van der Waals surface area contributed by atoms with Crippen molar-refractivity contribution in [1.29, 1.82) is 0 Å². The van der Waals surface area contributed by atoms with Crippen molar-refractivity contribution in [3.05, 3.63) is 59.7 Å². The Morgan fingerprint density at radius 3 is 1.62 bits per heavy atom. The summed E-state index contributed by atoms with van der Waals surface area (Å²) in [7, 11) is 0. The molecule has 0 nitrogen and oxygen atoms in total. The van der Waals surface area contributed by atoms with Crippen molar-refractivity contribution in [3.63, 3.8) is 0 Å². The van der Waals surface area contributed by atoms with E-state index < -0.39 is 5.67 Å². The van der Waals surface area contributed by atoms with Crippen LogP contribution in [0.15, 0.2) is 48.5 Å². The third-order valence-corrected chi connectivity index (χ3v) is 9.77. The summed E-state index contributed by atoms with van der Waals surface area (Å²) in [5.41, 5.74) is 4.66. The fourth-order valence-electron chi connectivity index (χ4n) is 7.13. The maximum atomic E-state index is 15.3. The van der Waals surface area contributed by atoms with E-state index in [-0.39, 0.29) is 0 Å². The molecule has 1 heteroatoms. The second-order valence-corrected chi connectivity index (χ2v) is 12.5. The Kier molecular flexibility index (Phi) is 11.1. The number of halogens is 1. The van der Waals surface area contributed by atoms with Crippen LogP contribution in [0.25, 0.3) is 11.1 Å². The third-order valence-electron chi connectivity index (χ3n) is 9.77. The van der Waals surface area contributed by atoms with Crippen LogP contribution in [0.3, 0.4) is 0 Å². The molecule has 37 heavy (non-hydrogen) atoms. The minimum absolute atomic E-state index is 0.525. The first kappa shape index (κ1) is 28.4. The standard InChI is InChI=1S/C36H53F/c1-3-5-7-8-10-26-36(37)27-24-35(25-28-36)34-22-20-33(21-23-34)32-18-16-31(17-19-32)30-14-12-29(13-15-30)11-9-6-4-2/h16-23,29-30,35H,3-15,24-28H2,1-2H3. The van der Waals surface area contributed by atoms with Crippen LogP contribution in [0.1, 0.15) is 152 Å². The molecule has 0 amide bonds. The molecule has 0 saturated heterocycles. The molecule has 2 fully saturated rings. The Morgan fingerprint density at radius 1 is 0.595 bits per heavy atom. The zero-order valence-electron chi connectivity index (χ0n) is 24.0. The van der Waals surface area contributed by atoms with Gasteiger partial charge in [-0.3, -0.25) is 0 Å². The van der Waals surface area contributed by atoms with E-state index in [1.54, 1.807) is 0 Å². The quantitative estimate of drug-likeness (QED) is 0.238. The second kappa shape index (κ2) is 14.5. The van der Waals surface area contributed by atoms with Crippen LogP contribution in [0.5, 0.6) is 0 Å². The van der Waals surface area contributed by atoms with Gasteiger partial charge in [-0.15, -0.1) is 0 Å². The van der Waals surface area contributed by atoms with E-state index in [9.17, 15) is 0 Å². The average Bonchev–Trinajstić information content (AvgIpc) is 2.94. The van der Waals surface area contributed by atoms with Crippen LogP contribution in [-0.4, -0.2) is 5.67 Å². The highest BCUT2D eigenvalue weighted by atomic mass is 19.1. The van der Waals surface area contributed by atoms with Gasteiger partial charge in [0, 0.05) is 0 Å². The van der Waals surface area contributed by atoms with E-state index in [0.717, 1.165) is 50.4 Å². The van der Waals surface area contributed by atoms with E-state index in [1.807, 2.05) is 0 Å². The number of unbranched alkanes of at least 4 members (excludes halogenated alkanes) is 6. The minimum atomic E-state index is -0.904. The summed E-state index contributed by atoms with van der Waals surface area (Å²) in [6, 6.07) is 18.6. The average molecular weight is 505 g/mol. The summed E-state index contributed by atoms with van der Waals surface area (Å²) in [5.74, 6) is 2.25. The van der Waals surface area contributed by atoms with Gasteiger partial charge in [-0.1, -0.05) is 120 Å². The zero-order valence-corrected chi connectivity index (χ0v) is 24.0. The Labute approximate surface area is 227 Å². The summed E-state index contributed by atoms with van der Waals surface area (Å²) in [4.78, 5) is 0. The summed E-state index contributed by atoms with van der Waals surface area (Å²) < 4.78 is 15.3. The van der Waals surface area contributed by atoms with E-state index in [2.05, 4.69) is 62.4 Å². The molecule has 0 N–H and O–H groups in total. The molecule has 2 aromatic carbocycles. The Balaban J connectivity index is 1.23. The van der Waals surface area contributed by atoms with E-state index >= 15 is 4.39 Å². The molecule has 2 aromatic rings. The molecule has 2 aliphatic rings. The molecule has 0 spiro atoms. The Morgan fingerprint density at radius 2 is 1.08 bits per heavy atom. The van der Waals surface area contributed by atoms with Gasteiger partial charge in [0.1, 0.15) is 5.67 Å². The van der Waals surface area contributed by atoms with Gasteiger partial charge in [-0.2, -0.15) is 0 Å². The maximum absolute atomic E-state index is 15.3. The molecular formula is C36H53F. The van der Waals surface area contributed by atoms with Gasteiger partial charge < -0.3 is 0 Å². The lowest BCUT2D eigenvalue weighted by molar-refractivity contribution is 0.0849. The molecule has 0 radical (unpaired) electrons. The molecule has 0 unspecified atom stereocenters. The van der Waals surface area contributed by atoms with Crippen molar-refractivity contribution in [2.75, 3.05) is 0 Å². The van der Waals surface area contributed by atoms with Crippen molar-refractivity contribution in [3.8, 4) is 11.1 Å². The SMILES string of the molecule is CCCCCCCC1(F)CCC(c2ccc(-c3ccc(C4CCC(CCCCC)CC4)cc3)cc2)CC1. The monoisotopic (exact) mass is 504 g/mol. The molecule has 0 heterocycles. The highest BCUT2D eigenvalue weighted by Gasteiger charge is 2.35. The van der Waals surface area contributed by atoms with Gasteiger partial charge in [0.25, 0.3) is 0 Å². The first-order valence-electron chi connectivity index (χ1n) is 16.0. The summed E-state index contributed by atoms with van der Waals surface area (Å²) in [6.07, 6.45) is 21.5. The first-order valence-corrected chi connectivity index (χ1v) is 16.0. The van der Waals surface area contributed by atoms with Gasteiger partial charge in [0.15, 0.2) is 0 Å². The number of rotatable bonds is 13. The van der Waals surface area contributed by atoms with E-state index in [4.69, 9.17) is 0 Å². The van der Waals surface area contributed by atoms with Gasteiger partial charge in [-0.05, 0) is 97.8 Å². The lowest BCUT2D eigenvalue weighted by Crippen LogP contribution is -2.28. The van der Waals surface area contributed by atoms with Gasteiger partial charge in [-0.25, -0.2) is 4.39 Å². The molecule has 0 atom stereocenters. The largest absolute Gasteiger partial charge is 0.244 e. The summed E-state index contributed by atoms with van der Waals surface area (Å²) in [6.45, 7) is 4.54. The van der Waals surface area contributed by atoms with Crippen molar-refractivity contribution in [2.24, 2.45) is 5.92 Å². The minimum Gasteiger partial charge on any atom is -0.244 e. The topological polar surface area (TPSA) is 0 Å². The zero-order chi connectivity index (χ0) is 25.9. The van der Waals surface area contributed by atoms with Crippen molar-refractivity contribution in [2.45, 2.75) is 147 Å². The van der Waals surface area contributed by atoms with Crippen LogP contribution in [0.2, 0.25) is 0 Å². The van der Waals surface area contributed by atoms with Crippen LogP contribution in [0.4, 0.5) is 4.39 Å².